The third-order valence-electron chi connectivity index (χ3n) is 13.6. The van der Waals surface area contributed by atoms with Crippen LogP contribution in [0.4, 0.5) is 16.0 Å². The molecule has 0 bridgehead atoms. The van der Waals surface area contributed by atoms with Crippen LogP contribution < -0.4 is 16.2 Å². The smallest absolute Gasteiger partial charge is 0.274 e. The Balaban J connectivity index is 0.724. The lowest BCUT2D eigenvalue weighted by Crippen LogP contribution is -2.53. The number of likely N-dealkylation sites (tertiary alicyclic amines) is 1. The van der Waals surface area contributed by atoms with E-state index in [1.54, 1.807) is 63.6 Å². The Morgan fingerprint density at radius 2 is 1.43 bits per heavy atom. The van der Waals surface area contributed by atoms with Gasteiger partial charge in [0.2, 0.25) is 17.8 Å². The van der Waals surface area contributed by atoms with E-state index in [4.69, 9.17) is 0 Å². The van der Waals surface area contributed by atoms with E-state index in [2.05, 4.69) is 64.6 Å². The number of anilines is 2. The lowest BCUT2D eigenvalue weighted by Gasteiger charge is -2.39. The molecule has 0 unspecified atom stereocenters. The first-order valence-electron chi connectivity index (χ1n) is 24.0. The number of nitrogens with one attached hydrogen (secondary N) is 3. The Bertz CT molecular complexity index is 2910. The molecule has 3 aromatic heterocycles. The molecule has 6 heterocycles. The van der Waals surface area contributed by atoms with Crippen molar-refractivity contribution in [2.24, 2.45) is 5.92 Å². The summed E-state index contributed by atoms with van der Waals surface area (Å²) in [6.45, 7) is 8.68. The van der Waals surface area contributed by atoms with Gasteiger partial charge < -0.3 is 25.3 Å². The largest absolute Gasteiger partial charge is 0.345 e. The molecule has 0 radical (unpaired) electrons. The SMILES string of the molecule is CCc1cccc(-c2cnc(C(=O)N3CCN(CC4CCN(CC(=O)N5CCN(C(=O)c6cc(Cc7n[nH]c(=O)c8ccccc78)ccc6F)CC5)CC4)CC3)c(NC(=O)CNc3ncccn3)c2)c1. The summed E-state index contributed by atoms with van der Waals surface area (Å²) in [5, 5.41) is 13.8. The summed E-state index contributed by atoms with van der Waals surface area (Å²) in [7, 11) is 0. The molecule has 3 fully saturated rings. The highest BCUT2D eigenvalue weighted by Crippen LogP contribution is 2.28. The minimum absolute atomic E-state index is 0.0242. The number of pyridine rings is 1. The second-order valence-electron chi connectivity index (χ2n) is 18.2. The Labute approximate surface area is 405 Å². The predicted octanol–water partition coefficient (Wildman–Crippen LogP) is 4.57. The maximum atomic E-state index is 15.1. The van der Waals surface area contributed by atoms with Crippen molar-refractivity contribution >= 4 is 46.0 Å². The molecule has 4 amide bonds. The van der Waals surface area contributed by atoms with Gasteiger partial charge in [-0.15, -0.1) is 0 Å². The third-order valence-corrected chi connectivity index (χ3v) is 13.6. The van der Waals surface area contributed by atoms with Crippen molar-refractivity contribution < 1.29 is 23.6 Å². The van der Waals surface area contributed by atoms with Gasteiger partial charge in [-0.25, -0.2) is 24.4 Å². The lowest BCUT2D eigenvalue weighted by atomic mass is 9.96. The fraction of sp³-hybridized carbons (Fsp3) is 0.365. The fourth-order valence-electron chi connectivity index (χ4n) is 9.55. The van der Waals surface area contributed by atoms with Gasteiger partial charge in [-0.3, -0.25) is 33.8 Å². The normalized spacial score (nSPS) is 16.1. The first-order valence-corrected chi connectivity index (χ1v) is 24.0. The summed E-state index contributed by atoms with van der Waals surface area (Å²) in [6, 6.07) is 23.3. The number of H-pyrrole nitrogens is 1. The van der Waals surface area contributed by atoms with E-state index in [0.717, 1.165) is 50.0 Å². The number of fused-ring (bicyclic) bond motifs is 1. The van der Waals surface area contributed by atoms with Crippen molar-refractivity contribution in [3.8, 4) is 11.1 Å². The number of aromatic amines is 1. The van der Waals surface area contributed by atoms with Crippen molar-refractivity contribution in [3.63, 3.8) is 0 Å². The summed E-state index contributed by atoms with van der Waals surface area (Å²) in [4.78, 5) is 89.2. The van der Waals surface area contributed by atoms with Crippen molar-refractivity contribution in [1.82, 2.24) is 49.6 Å². The standard InChI is InChI=1S/C52H57FN12O5/c1-2-35-7-5-8-38(27-35)39-30-45(58-46(66)32-57-52-54-15-6-16-55-52)48(56-31-39)51(70)65-21-19-62(20-22-65)33-36-13-17-61(18-14-36)34-47(67)63-23-25-64(26-24-63)50(69)42-28-37(11-12-43(42)53)29-44-40-9-3-4-10-41(40)49(68)60-59-44/h3-12,15-16,27-28,30-31,36H,2,13-14,17-26,29,32-34H2,1H3,(H,58,66)(H,60,68)(H,54,55,57). The number of hydrogen-bond acceptors (Lipinski definition) is 12. The second kappa shape index (κ2) is 21.9. The molecule has 18 heteroatoms. The number of piperazine rings is 2. The van der Waals surface area contributed by atoms with Gasteiger partial charge in [-0.05, 0) is 85.3 Å². The van der Waals surface area contributed by atoms with Crippen LogP contribution in [0.2, 0.25) is 0 Å². The number of carbonyl (C=O) groups excluding carboxylic acids is 4. The number of halogens is 1. The van der Waals surface area contributed by atoms with Crippen molar-refractivity contribution in [3.05, 3.63) is 142 Å². The van der Waals surface area contributed by atoms with Gasteiger partial charge in [0.15, 0.2) is 5.69 Å². The highest BCUT2D eigenvalue weighted by atomic mass is 19.1. The lowest BCUT2D eigenvalue weighted by molar-refractivity contribution is -0.134. The van der Waals surface area contributed by atoms with Crippen LogP contribution >= 0.6 is 0 Å². The van der Waals surface area contributed by atoms with E-state index in [9.17, 15) is 24.0 Å². The zero-order valence-corrected chi connectivity index (χ0v) is 39.3. The van der Waals surface area contributed by atoms with E-state index in [-0.39, 0.29) is 41.1 Å². The number of aromatic nitrogens is 5. The quantitative estimate of drug-likeness (QED) is 0.138. The molecule has 0 spiro atoms. The Kier molecular flexibility index (Phi) is 14.9. The second-order valence-corrected chi connectivity index (χ2v) is 18.2. The average Bonchev–Trinajstić information content (AvgIpc) is 3.40. The first kappa shape index (κ1) is 47.6. The van der Waals surface area contributed by atoms with Gasteiger partial charge in [-0.2, -0.15) is 5.10 Å². The van der Waals surface area contributed by atoms with Gasteiger partial charge in [0, 0.05) is 94.9 Å². The van der Waals surface area contributed by atoms with Crippen LogP contribution in [-0.2, 0) is 22.4 Å². The Morgan fingerprint density at radius 3 is 2.19 bits per heavy atom. The topological polar surface area (TPSA) is 193 Å². The van der Waals surface area contributed by atoms with Crippen molar-refractivity contribution in [2.75, 3.05) is 95.7 Å². The summed E-state index contributed by atoms with van der Waals surface area (Å²) in [6.07, 6.45) is 7.96. The third kappa shape index (κ3) is 11.4. The van der Waals surface area contributed by atoms with Gasteiger partial charge in [0.1, 0.15) is 5.82 Å². The van der Waals surface area contributed by atoms with E-state index in [1.807, 2.05) is 30.3 Å². The molecule has 0 saturated carbocycles. The molecule has 70 heavy (non-hydrogen) atoms. The molecular weight excluding hydrogens is 892 g/mol. The fourth-order valence-corrected chi connectivity index (χ4v) is 9.55. The van der Waals surface area contributed by atoms with E-state index >= 15 is 4.39 Å². The van der Waals surface area contributed by atoms with E-state index in [0.29, 0.717) is 105 Å². The minimum Gasteiger partial charge on any atom is -0.345 e. The highest BCUT2D eigenvalue weighted by molar-refractivity contribution is 6.04. The molecule has 3 aliphatic heterocycles. The number of carbonyl (C=O) groups is 4. The summed E-state index contributed by atoms with van der Waals surface area (Å²) < 4.78 is 15.1. The zero-order valence-electron chi connectivity index (χ0n) is 39.3. The van der Waals surface area contributed by atoms with Crippen LogP contribution in [0.1, 0.15) is 57.4 Å². The molecule has 0 atom stereocenters. The van der Waals surface area contributed by atoms with Crippen molar-refractivity contribution in [2.45, 2.75) is 32.6 Å². The number of nitrogens with zero attached hydrogens (tertiary/aromatic N) is 9. The van der Waals surface area contributed by atoms with Crippen LogP contribution in [0.3, 0.4) is 0 Å². The van der Waals surface area contributed by atoms with Crippen LogP contribution in [0.15, 0.2) is 102 Å². The number of benzene rings is 3. The number of hydrogen-bond donors (Lipinski definition) is 3. The number of piperidine rings is 1. The summed E-state index contributed by atoms with van der Waals surface area (Å²) in [5.74, 6) is -0.816. The molecule has 3 aliphatic rings. The van der Waals surface area contributed by atoms with Gasteiger partial charge in [0.05, 0.1) is 35.4 Å². The molecule has 9 rings (SSSR count). The molecule has 362 valence electrons. The molecule has 3 saturated heterocycles. The number of rotatable bonds is 14. The van der Waals surface area contributed by atoms with Gasteiger partial charge in [0.25, 0.3) is 17.4 Å². The maximum absolute atomic E-state index is 15.1. The molecule has 17 nitrogen and oxygen atoms in total. The zero-order chi connectivity index (χ0) is 48.6. The maximum Gasteiger partial charge on any atom is 0.274 e. The molecular formula is C52H57FN12O5. The molecule has 6 aromatic rings. The number of amides is 4. The number of aryl methyl sites for hydroxylation is 1. The van der Waals surface area contributed by atoms with Crippen LogP contribution in [0.5, 0.6) is 0 Å². The molecule has 0 aliphatic carbocycles. The van der Waals surface area contributed by atoms with Crippen LogP contribution in [0.25, 0.3) is 21.9 Å². The van der Waals surface area contributed by atoms with Gasteiger partial charge in [-0.1, -0.05) is 55.5 Å². The average molecular weight is 949 g/mol. The van der Waals surface area contributed by atoms with Crippen LogP contribution in [-0.4, -0.2) is 158 Å². The van der Waals surface area contributed by atoms with Crippen molar-refractivity contribution in [1.29, 1.82) is 0 Å². The van der Waals surface area contributed by atoms with E-state index in [1.165, 1.54) is 11.6 Å². The van der Waals surface area contributed by atoms with Gasteiger partial charge >= 0.3 is 0 Å². The molecule has 3 aromatic carbocycles. The Morgan fingerprint density at radius 1 is 0.714 bits per heavy atom. The Hall–Kier alpha value is -7.44. The summed E-state index contributed by atoms with van der Waals surface area (Å²) in [5.41, 5.74) is 4.43. The first-order chi connectivity index (χ1) is 34.1. The van der Waals surface area contributed by atoms with Crippen LogP contribution in [0, 0.1) is 11.7 Å². The summed E-state index contributed by atoms with van der Waals surface area (Å²) >= 11 is 0. The highest BCUT2D eigenvalue weighted by Gasteiger charge is 2.31. The molecule has 3 N–H and O–H groups in total. The monoisotopic (exact) mass is 948 g/mol. The minimum atomic E-state index is -0.612. The predicted molar refractivity (Wildman–Crippen MR) is 264 cm³/mol. The van der Waals surface area contributed by atoms with E-state index < -0.39 is 11.7 Å².